The minimum Gasteiger partial charge on any atom is -0.504 e. The Morgan fingerprint density at radius 3 is 2.76 bits per heavy atom. The van der Waals surface area contributed by atoms with E-state index in [1.807, 2.05) is 6.92 Å². The van der Waals surface area contributed by atoms with Crippen LogP contribution in [0.5, 0.6) is 11.5 Å². The van der Waals surface area contributed by atoms with Crippen molar-refractivity contribution in [1.82, 2.24) is 0 Å². The van der Waals surface area contributed by atoms with Crippen LogP contribution in [0.2, 0.25) is 5.02 Å². The van der Waals surface area contributed by atoms with Gasteiger partial charge in [-0.25, -0.2) is 0 Å². The molecule has 1 aliphatic rings. The molecule has 0 unspecified atom stereocenters. The van der Waals surface area contributed by atoms with Crippen molar-refractivity contribution in [1.29, 1.82) is 0 Å². The summed E-state index contributed by atoms with van der Waals surface area (Å²) in [6.07, 6.45) is 1.72. The van der Waals surface area contributed by atoms with E-state index < -0.39 is 0 Å². The molecule has 1 amide bonds. The van der Waals surface area contributed by atoms with Crippen molar-refractivity contribution in [3.8, 4) is 11.5 Å². The van der Waals surface area contributed by atoms with E-state index in [0.29, 0.717) is 34.4 Å². The Labute approximate surface area is 150 Å². The highest BCUT2D eigenvalue weighted by Crippen LogP contribution is 2.32. The van der Waals surface area contributed by atoms with Gasteiger partial charge >= 0.3 is 0 Å². The van der Waals surface area contributed by atoms with Gasteiger partial charge in [0, 0.05) is 0 Å². The number of nitrogens with zero attached hydrogens (tertiary/aromatic N) is 2. The Morgan fingerprint density at radius 2 is 2.04 bits per heavy atom. The summed E-state index contributed by atoms with van der Waals surface area (Å²) in [5, 5.41) is 15.9. The van der Waals surface area contributed by atoms with Gasteiger partial charge in [0.25, 0.3) is 5.91 Å². The summed E-state index contributed by atoms with van der Waals surface area (Å²) < 4.78 is 5.38. The molecule has 25 heavy (non-hydrogen) atoms. The maximum atomic E-state index is 12.8. The molecule has 1 N–H and O–H groups in total. The maximum absolute atomic E-state index is 12.8. The van der Waals surface area contributed by atoms with Gasteiger partial charge in [-0.05, 0) is 49.8 Å². The van der Waals surface area contributed by atoms with Crippen LogP contribution in [0.1, 0.15) is 19.4 Å². The van der Waals surface area contributed by atoms with Crippen molar-refractivity contribution in [2.24, 2.45) is 5.10 Å². The zero-order valence-corrected chi connectivity index (χ0v) is 14.6. The highest BCUT2D eigenvalue weighted by atomic mass is 35.5. The van der Waals surface area contributed by atoms with Crippen LogP contribution in [-0.4, -0.2) is 23.3 Å². The van der Waals surface area contributed by atoms with Crippen LogP contribution < -0.4 is 9.75 Å². The summed E-state index contributed by atoms with van der Waals surface area (Å²) in [5.74, 6) is 0.182. The minimum atomic E-state index is -0.253. The number of ether oxygens (including phenoxy) is 1. The highest BCUT2D eigenvalue weighted by Gasteiger charge is 2.29. The van der Waals surface area contributed by atoms with E-state index in [0.717, 1.165) is 5.56 Å². The minimum absolute atomic E-state index is 0.0600. The Hall–Kier alpha value is -2.79. The van der Waals surface area contributed by atoms with Gasteiger partial charge in [-0.1, -0.05) is 29.8 Å². The first kappa shape index (κ1) is 17.0. The van der Waals surface area contributed by atoms with Crippen molar-refractivity contribution in [2.45, 2.75) is 13.8 Å². The molecule has 0 atom stereocenters. The molecule has 2 aromatic carbocycles. The standard InChI is InChI=1S/C19H17ClN2O3/c1-3-25-18-11-13(8-9-17(18)23)10-14-12(2)21-22(19(14)24)16-7-5-4-6-15(16)20/h4-11,23H,3H2,1-2H3/b14-10-. The van der Waals surface area contributed by atoms with Crippen LogP contribution in [0.15, 0.2) is 53.1 Å². The molecule has 0 saturated heterocycles. The summed E-state index contributed by atoms with van der Waals surface area (Å²) in [6.45, 7) is 4.04. The molecule has 0 aliphatic carbocycles. The van der Waals surface area contributed by atoms with Crippen molar-refractivity contribution in [3.05, 3.63) is 58.6 Å². The molecule has 5 nitrogen and oxygen atoms in total. The fourth-order valence-electron chi connectivity index (χ4n) is 2.53. The van der Waals surface area contributed by atoms with Crippen LogP contribution in [0, 0.1) is 0 Å². The zero-order valence-electron chi connectivity index (χ0n) is 13.9. The predicted molar refractivity (Wildman–Crippen MR) is 99.3 cm³/mol. The lowest BCUT2D eigenvalue weighted by Crippen LogP contribution is -2.21. The third kappa shape index (κ3) is 3.37. The van der Waals surface area contributed by atoms with Crippen LogP contribution in [-0.2, 0) is 4.79 Å². The first-order valence-corrected chi connectivity index (χ1v) is 8.21. The van der Waals surface area contributed by atoms with Crippen LogP contribution >= 0.6 is 11.6 Å². The smallest absolute Gasteiger partial charge is 0.280 e. The molecular weight excluding hydrogens is 340 g/mol. The molecule has 0 radical (unpaired) electrons. The number of phenolic OH excluding ortho intramolecular Hbond substituents is 1. The maximum Gasteiger partial charge on any atom is 0.280 e. The second-order valence-corrected chi connectivity index (χ2v) is 5.88. The number of phenols is 1. The Bertz CT molecular complexity index is 890. The van der Waals surface area contributed by atoms with E-state index in [9.17, 15) is 9.90 Å². The number of rotatable bonds is 4. The number of amides is 1. The van der Waals surface area contributed by atoms with Crippen LogP contribution in [0.4, 0.5) is 5.69 Å². The van der Waals surface area contributed by atoms with Gasteiger partial charge in [0.15, 0.2) is 11.5 Å². The number of hydrogen-bond donors (Lipinski definition) is 1. The lowest BCUT2D eigenvalue weighted by molar-refractivity contribution is -0.114. The highest BCUT2D eigenvalue weighted by molar-refractivity contribution is 6.37. The Balaban J connectivity index is 1.95. The summed E-state index contributed by atoms with van der Waals surface area (Å²) >= 11 is 6.17. The summed E-state index contributed by atoms with van der Waals surface area (Å²) in [6, 6.07) is 12.0. The molecule has 1 aliphatic heterocycles. The number of hydrogen-bond acceptors (Lipinski definition) is 4. The monoisotopic (exact) mass is 356 g/mol. The second kappa shape index (κ2) is 6.99. The van der Waals surface area contributed by atoms with E-state index in [-0.39, 0.29) is 11.7 Å². The van der Waals surface area contributed by atoms with E-state index in [2.05, 4.69) is 5.10 Å². The molecule has 0 aromatic heterocycles. The average Bonchev–Trinajstić information content (AvgIpc) is 2.86. The number of para-hydroxylation sites is 1. The van der Waals surface area contributed by atoms with Gasteiger partial charge in [0.2, 0.25) is 0 Å². The number of hydrazone groups is 1. The number of carbonyl (C=O) groups is 1. The quantitative estimate of drug-likeness (QED) is 0.833. The van der Waals surface area contributed by atoms with Crippen LogP contribution in [0.25, 0.3) is 6.08 Å². The third-order valence-corrected chi connectivity index (χ3v) is 4.06. The van der Waals surface area contributed by atoms with Crippen molar-refractivity contribution in [2.75, 3.05) is 11.6 Å². The van der Waals surface area contributed by atoms with Crippen LogP contribution in [0.3, 0.4) is 0 Å². The average molecular weight is 357 g/mol. The second-order valence-electron chi connectivity index (χ2n) is 5.47. The zero-order chi connectivity index (χ0) is 18.0. The van der Waals surface area contributed by atoms with Crippen molar-refractivity contribution >= 4 is 35.0 Å². The Kier molecular flexibility index (Phi) is 4.76. The number of benzene rings is 2. The summed E-state index contributed by atoms with van der Waals surface area (Å²) in [5.41, 5.74) is 2.33. The topological polar surface area (TPSA) is 62.1 Å². The normalized spacial score (nSPS) is 15.6. The van der Waals surface area contributed by atoms with Crippen molar-refractivity contribution in [3.63, 3.8) is 0 Å². The molecule has 0 fully saturated rings. The molecule has 0 saturated carbocycles. The van der Waals surface area contributed by atoms with Gasteiger partial charge in [-0.2, -0.15) is 10.1 Å². The Morgan fingerprint density at radius 1 is 1.28 bits per heavy atom. The molecule has 2 aromatic rings. The van der Waals surface area contributed by atoms with E-state index in [1.165, 1.54) is 11.1 Å². The molecule has 128 valence electrons. The molecule has 1 heterocycles. The molecule has 0 spiro atoms. The molecule has 0 bridgehead atoms. The molecular formula is C19H17ClN2O3. The largest absolute Gasteiger partial charge is 0.504 e. The first-order valence-electron chi connectivity index (χ1n) is 7.83. The van der Waals surface area contributed by atoms with Gasteiger partial charge < -0.3 is 9.84 Å². The number of aromatic hydroxyl groups is 1. The van der Waals surface area contributed by atoms with E-state index >= 15 is 0 Å². The lowest BCUT2D eigenvalue weighted by Gasteiger charge is -2.13. The number of carbonyl (C=O) groups excluding carboxylic acids is 1. The first-order chi connectivity index (χ1) is 12.0. The third-order valence-electron chi connectivity index (χ3n) is 3.74. The summed E-state index contributed by atoms with van der Waals surface area (Å²) in [4.78, 5) is 12.8. The van der Waals surface area contributed by atoms with Gasteiger partial charge in [-0.15, -0.1) is 0 Å². The van der Waals surface area contributed by atoms with E-state index in [4.69, 9.17) is 16.3 Å². The molecule has 6 heteroatoms. The fourth-order valence-corrected chi connectivity index (χ4v) is 2.75. The summed E-state index contributed by atoms with van der Waals surface area (Å²) in [7, 11) is 0. The van der Waals surface area contributed by atoms with Gasteiger partial charge in [-0.3, -0.25) is 4.79 Å². The van der Waals surface area contributed by atoms with Crippen molar-refractivity contribution < 1.29 is 14.6 Å². The number of halogens is 1. The SMILES string of the molecule is CCOc1cc(/C=C2\C(=O)N(c3ccccc3Cl)N=C2C)ccc1O. The fraction of sp³-hybridized carbons (Fsp3) is 0.158. The van der Waals surface area contributed by atoms with Gasteiger partial charge in [0.05, 0.1) is 28.6 Å². The molecule has 3 rings (SSSR count). The lowest BCUT2D eigenvalue weighted by atomic mass is 10.1. The van der Waals surface area contributed by atoms with Gasteiger partial charge in [0.1, 0.15) is 0 Å². The van der Waals surface area contributed by atoms with E-state index in [1.54, 1.807) is 49.4 Å². The predicted octanol–water partition coefficient (Wildman–Crippen LogP) is 4.25. The number of anilines is 1.